The van der Waals surface area contributed by atoms with Crippen molar-refractivity contribution < 1.29 is 0 Å². The van der Waals surface area contributed by atoms with Gasteiger partial charge in [-0.3, -0.25) is 0 Å². The molecule has 0 bridgehead atoms. The third kappa shape index (κ3) is 5.21. The molecule has 0 radical (unpaired) electrons. The molecule has 1 rings (SSSR count). The van der Waals surface area contributed by atoms with Crippen LogP contribution < -0.4 is 0 Å². The van der Waals surface area contributed by atoms with Crippen LogP contribution >= 0.6 is 11.6 Å². The molecule has 0 amide bonds. The molecular formula is C12H24ClN. The lowest BCUT2D eigenvalue weighted by Gasteiger charge is -2.21. The Kier molecular flexibility index (Phi) is 5.88. The SMILES string of the molecule is CCN(CCC(C)CCCl)CC1CC1. The van der Waals surface area contributed by atoms with Crippen LogP contribution in [0, 0.1) is 11.8 Å². The maximum atomic E-state index is 5.73. The predicted octanol–water partition coefficient (Wildman–Crippen LogP) is 3.37. The summed E-state index contributed by atoms with van der Waals surface area (Å²) in [4.78, 5) is 2.60. The zero-order chi connectivity index (χ0) is 10.4. The molecule has 0 N–H and O–H groups in total. The molecule has 0 aromatic carbocycles. The summed E-state index contributed by atoms with van der Waals surface area (Å²) in [6.07, 6.45) is 5.41. The van der Waals surface area contributed by atoms with Gasteiger partial charge in [0.05, 0.1) is 0 Å². The van der Waals surface area contributed by atoms with Gasteiger partial charge in [-0.05, 0) is 50.6 Å². The molecule has 0 heterocycles. The summed E-state index contributed by atoms with van der Waals surface area (Å²) >= 11 is 5.73. The molecule has 1 fully saturated rings. The van der Waals surface area contributed by atoms with E-state index in [1.807, 2.05) is 0 Å². The third-order valence-corrected chi connectivity index (χ3v) is 3.42. The Labute approximate surface area is 93.8 Å². The van der Waals surface area contributed by atoms with Gasteiger partial charge in [0.25, 0.3) is 0 Å². The molecule has 1 atom stereocenters. The van der Waals surface area contributed by atoms with E-state index < -0.39 is 0 Å². The Morgan fingerprint density at radius 1 is 1.36 bits per heavy atom. The first-order valence-corrected chi connectivity index (χ1v) is 6.58. The highest BCUT2D eigenvalue weighted by atomic mass is 35.5. The number of hydrogen-bond donors (Lipinski definition) is 0. The van der Waals surface area contributed by atoms with Gasteiger partial charge in [0.1, 0.15) is 0 Å². The first kappa shape index (κ1) is 12.3. The van der Waals surface area contributed by atoms with Crippen molar-refractivity contribution in [3.8, 4) is 0 Å². The molecule has 0 aromatic heterocycles. The van der Waals surface area contributed by atoms with Crippen LogP contribution in [0.4, 0.5) is 0 Å². The first-order chi connectivity index (χ1) is 6.76. The van der Waals surface area contributed by atoms with Gasteiger partial charge in [0.15, 0.2) is 0 Å². The molecule has 2 heteroatoms. The van der Waals surface area contributed by atoms with Gasteiger partial charge in [-0.15, -0.1) is 11.6 Å². The normalized spacial score (nSPS) is 18.9. The molecule has 84 valence electrons. The second-order valence-electron chi connectivity index (χ2n) is 4.71. The fraction of sp³-hybridized carbons (Fsp3) is 1.00. The monoisotopic (exact) mass is 217 g/mol. The van der Waals surface area contributed by atoms with E-state index in [2.05, 4.69) is 18.7 Å². The highest BCUT2D eigenvalue weighted by Crippen LogP contribution is 2.29. The van der Waals surface area contributed by atoms with Crippen LogP contribution in [0.15, 0.2) is 0 Å². The minimum absolute atomic E-state index is 0.792. The molecule has 0 spiro atoms. The van der Waals surface area contributed by atoms with Gasteiger partial charge in [0, 0.05) is 12.4 Å². The topological polar surface area (TPSA) is 3.24 Å². The molecule has 0 saturated heterocycles. The van der Waals surface area contributed by atoms with Gasteiger partial charge in [-0.2, -0.15) is 0 Å². The Morgan fingerprint density at radius 2 is 2.07 bits per heavy atom. The summed E-state index contributed by atoms with van der Waals surface area (Å²) in [6.45, 7) is 8.40. The fourth-order valence-electron chi connectivity index (χ4n) is 1.78. The van der Waals surface area contributed by atoms with Gasteiger partial charge in [-0.25, -0.2) is 0 Å². The molecule has 1 unspecified atom stereocenters. The van der Waals surface area contributed by atoms with Crippen LogP contribution in [0.25, 0.3) is 0 Å². The summed E-state index contributed by atoms with van der Waals surface area (Å²) in [5.74, 6) is 2.63. The highest BCUT2D eigenvalue weighted by molar-refractivity contribution is 6.17. The molecule has 1 aliphatic carbocycles. The first-order valence-electron chi connectivity index (χ1n) is 6.04. The van der Waals surface area contributed by atoms with E-state index in [0.717, 1.165) is 17.7 Å². The summed E-state index contributed by atoms with van der Waals surface area (Å²) in [6, 6.07) is 0. The van der Waals surface area contributed by atoms with Crippen molar-refractivity contribution in [3.63, 3.8) is 0 Å². The van der Waals surface area contributed by atoms with Crippen LogP contribution in [0.5, 0.6) is 0 Å². The summed E-state index contributed by atoms with van der Waals surface area (Å²) < 4.78 is 0. The maximum absolute atomic E-state index is 5.73. The number of alkyl halides is 1. The van der Waals surface area contributed by atoms with Crippen molar-refractivity contribution in [1.82, 2.24) is 4.90 Å². The van der Waals surface area contributed by atoms with Crippen LogP contribution in [0.1, 0.15) is 39.5 Å². The number of halogens is 1. The number of nitrogens with zero attached hydrogens (tertiary/aromatic N) is 1. The molecular weight excluding hydrogens is 194 g/mol. The van der Waals surface area contributed by atoms with E-state index in [1.54, 1.807) is 0 Å². The highest BCUT2D eigenvalue weighted by Gasteiger charge is 2.23. The van der Waals surface area contributed by atoms with E-state index in [9.17, 15) is 0 Å². The summed E-state index contributed by atoms with van der Waals surface area (Å²) in [5.41, 5.74) is 0. The zero-order valence-electron chi connectivity index (χ0n) is 9.64. The minimum atomic E-state index is 0.792. The molecule has 1 nitrogen and oxygen atoms in total. The van der Waals surface area contributed by atoms with Gasteiger partial charge >= 0.3 is 0 Å². The predicted molar refractivity (Wildman–Crippen MR) is 64.0 cm³/mol. The Morgan fingerprint density at radius 3 is 2.57 bits per heavy atom. The quantitative estimate of drug-likeness (QED) is 0.564. The lowest BCUT2D eigenvalue weighted by molar-refractivity contribution is 0.255. The standard InChI is InChI=1S/C12H24ClN/c1-3-14(10-12-4-5-12)9-7-11(2)6-8-13/h11-12H,3-10H2,1-2H3. The third-order valence-electron chi connectivity index (χ3n) is 3.20. The van der Waals surface area contributed by atoms with Crippen molar-refractivity contribution in [1.29, 1.82) is 0 Å². The van der Waals surface area contributed by atoms with Gasteiger partial charge in [-0.1, -0.05) is 13.8 Å². The zero-order valence-corrected chi connectivity index (χ0v) is 10.4. The second-order valence-corrected chi connectivity index (χ2v) is 5.09. The van der Waals surface area contributed by atoms with Crippen molar-refractivity contribution in [3.05, 3.63) is 0 Å². The Bertz CT molecular complexity index is 145. The van der Waals surface area contributed by atoms with E-state index in [1.165, 1.54) is 45.3 Å². The maximum Gasteiger partial charge on any atom is 0.0225 e. The van der Waals surface area contributed by atoms with Crippen molar-refractivity contribution in [2.45, 2.75) is 39.5 Å². The molecule has 1 aliphatic rings. The van der Waals surface area contributed by atoms with Crippen LogP contribution in [-0.4, -0.2) is 30.4 Å². The van der Waals surface area contributed by atoms with Crippen molar-refractivity contribution in [2.24, 2.45) is 11.8 Å². The van der Waals surface area contributed by atoms with Crippen LogP contribution in [0.2, 0.25) is 0 Å². The van der Waals surface area contributed by atoms with Gasteiger partial charge < -0.3 is 4.90 Å². The average Bonchev–Trinajstić information content (AvgIpc) is 2.96. The van der Waals surface area contributed by atoms with Crippen LogP contribution in [-0.2, 0) is 0 Å². The average molecular weight is 218 g/mol. The number of hydrogen-bond acceptors (Lipinski definition) is 1. The summed E-state index contributed by atoms with van der Waals surface area (Å²) in [7, 11) is 0. The minimum Gasteiger partial charge on any atom is -0.303 e. The van der Waals surface area contributed by atoms with Crippen molar-refractivity contribution in [2.75, 3.05) is 25.5 Å². The molecule has 14 heavy (non-hydrogen) atoms. The van der Waals surface area contributed by atoms with E-state index >= 15 is 0 Å². The van der Waals surface area contributed by atoms with E-state index in [-0.39, 0.29) is 0 Å². The van der Waals surface area contributed by atoms with E-state index in [4.69, 9.17) is 11.6 Å². The van der Waals surface area contributed by atoms with Gasteiger partial charge in [0.2, 0.25) is 0 Å². The smallest absolute Gasteiger partial charge is 0.0225 e. The Balaban J connectivity index is 2.06. The second kappa shape index (κ2) is 6.68. The lowest BCUT2D eigenvalue weighted by Crippen LogP contribution is -2.27. The fourth-order valence-corrected chi connectivity index (χ4v) is 2.15. The van der Waals surface area contributed by atoms with Crippen LogP contribution in [0.3, 0.4) is 0 Å². The van der Waals surface area contributed by atoms with Crippen molar-refractivity contribution >= 4 is 11.6 Å². The van der Waals surface area contributed by atoms with E-state index in [0.29, 0.717) is 0 Å². The number of rotatable bonds is 8. The lowest BCUT2D eigenvalue weighted by atomic mass is 10.0. The molecule has 0 aromatic rings. The summed E-state index contributed by atoms with van der Waals surface area (Å²) in [5, 5.41) is 0. The Hall–Kier alpha value is 0.250. The molecule has 0 aliphatic heterocycles. The molecule has 1 saturated carbocycles. The largest absolute Gasteiger partial charge is 0.303 e.